The number of hydrogen-bond acceptors (Lipinski definition) is 6. The molecule has 1 spiro atoms. The van der Waals surface area contributed by atoms with Crippen LogP contribution < -0.4 is 4.74 Å². The molecule has 2 unspecified atom stereocenters. The lowest BCUT2D eigenvalue weighted by Crippen LogP contribution is -2.82. The Kier molecular flexibility index (Phi) is 4.83. The zero-order valence-corrected chi connectivity index (χ0v) is 18.8. The van der Waals surface area contributed by atoms with Crippen LogP contribution in [0, 0.1) is 0 Å². The van der Waals surface area contributed by atoms with Crippen LogP contribution >= 0.6 is 0 Å². The number of benzene rings is 2. The second-order valence-corrected chi connectivity index (χ2v) is 9.90. The number of aliphatic hydroxyl groups is 1. The Morgan fingerprint density at radius 2 is 1.70 bits per heavy atom. The highest BCUT2D eigenvalue weighted by atomic mass is 16.5. The molecule has 172 valence electrons. The summed E-state index contributed by atoms with van der Waals surface area (Å²) < 4.78 is 5.23. The molecule has 0 radical (unpaired) electrons. The van der Waals surface area contributed by atoms with Crippen LogP contribution in [0.5, 0.6) is 5.75 Å². The van der Waals surface area contributed by atoms with Gasteiger partial charge in [-0.05, 0) is 48.1 Å². The number of methoxy groups -OCH3 is 1. The summed E-state index contributed by atoms with van der Waals surface area (Å²) in [4.78, 5) is 33.0. The highest BCUT2D eigenvalue weighted by molar-refractivity contribution is 6.06. The lowest BCUT2D eigenvalue weighted by Gasteiger charge is -2.60. The molecule has 33 heavy (non-hydrogen) atoms. The summed E-state index contributed by atoms with van der Waals surface area (Å²) in [6.07, 6.45) is 1.82. The molecule has 1 aliphatic carbocycles. The molecule has 7 nitrogen and oxygen atoms in total. The molecule has 0 bridgehead atoms. The number of hydrogen-bond donors (Lipinski definition) is 1. The zero-order chi connectivity index (χ0) is 22.7. The van der Waals surface area contributed by atoms with E-state index >= 15 is 0 Å². The number of fused-ring (bicyclic) bond motifs is 3. The van der Waals surface area contributed by atoms with Crippen LogP contribution in [-0.2, 0) is 29.0 Å². The van der Waals surface area contributed by atoms with Gasteiger partial charge in [0.05, 0.1) is 25.8 Å². The van der Waals surface area contributed by atoms with Gasteiger partial charge >= 0.3 is 0 Å². The van der Waals surface area contributed by atoms with Crippen molar-refractivity contribution in [2.24, 2.45) is 0 Å². The largest absolute Gasteiger partial charge is 0.497 e. The first-order valence-electron chi connectivity index (χ1n) is 11.7. The maximum Gasteiger partial charge on any atom is 0.252 e. The van der Waals surface area contributed by atoms with Gasteiger partial charge in [-0.3, -0.25) is 24.3 Å². The summed E-state index contributed by atoms with van der Waals surface area (Å²) >= 11 is 0. The number of likely N-dealkylation sites (tertiary alicyclic amines) is 1. The summed E-state index contributed by atoms with van der Waals surface area (Å²) in [6, 6.07) is 16.0. The third kappa shape index (κ3) is 3.21. The van der Waals surface area contributed by atoms with Gasteiger partial charge in [0.15, 0.2) is 0 Å². The van der Waals surface area contributed by atoms with Gasteiger partial charge in [0, 0.05) is 25.7 Å². The average molecular weight is 448 g/mol. The van der Waals surface area contributed by atoms with Crippen LogP contribution in [0.1, 0.15) is 23.1 Å². The molecule has 1 N–H and O–H groups in total. The monoisotopic (exact) mass is 447 g/mol. The van der Waals surface area contributed by atoms with Crippen LogP contribution in [0.25, 0.3) is 0 Å². The van der Waals surface area contributed by atoms with Crippen molar-refractivity contribution < 1.29 is 19.4 Å². The van der Waals surface area contributed by atoms with Crippen molar-refractivity contribution in [2.75, 3.05) is 26.7 Å². The van der Waals surface area contributed by atoms with Gasteiger partial charge in [-0.25, -0.2) is 0 Å². The third-order valence-corrected chi connectivity index (χ3v) is 8.00. The maximum absolute atomic E-state index is 13.8. The second kappa shape index (κ2) is 7.65. The summed E-state index contributed by atoms with van der Waals surface area (Å²) in [7, 11) is 1.61. The molecule has 2 atom stereocenters. The molecule has 3 saturated heterocycles. The average Bonchev–Trinajstić information content (AvgIpc) is 3.40. The maximum atomic E-state index is 13.8. The zero-order valence-electron chi connectivity index (χ0n) is 18.8. The number of piperazine rings is 1. The van der Waals surface area contributed by atoms with Gasteiger partial charge in [-0.15, -0.1) is 0 Å². The smallest absolute Gasteiger partial charge is 0.252 e. The lowest BCUT2D eigenvalue weighted by atomic mass is 9.81. The molecule has 0 saturated carbocycles. The first-order chi connectivity index (χ1) is 16.0. The van der Waals surface area contributed by atoms with Gasteiger partial charge in [-0.1, -0.05) is 36.4 Å². The van der Waals surface area contributed by atoms with Crippen molar-refractivity contribution in [1.82, 2.24) is 14.7 Å². The number of aliphatic hydroxyl groups excluding tert-OH is 1. The fraction of sp³-hybridized carbons (Fsp3) is 0.462. The normalized spacial score (nSPS) is 27.0. The van der Waals surface area contributed by atoms with Crippen LogP contribution in [-0.4, -0.2) is 82.1 Å². The van der Waals surface area contributed by atoms with E-state index in [2.05, 4.69) is 29.2 Å². The van der Waals surface area contributed by atoms with E-state index in [9.17, 15) is 14.7 Å². The van der Waals surface area contributed by atoms with Gasteiger partial charge in [0.2, 0.25) is 5.91 Å². The first kappa shape index (κ1) is 20.8. The Labute approximate surface area is 193 Å². The number of nitrogens with zero attached hydrogens (tertiary/aromatic N) is 3. The Hall–Kier alpha value is -2.74. The van der Waals surface area contributed by atoms with E-state index in [0.717, 1.165) is 24.2 Å². The van der Waals surface area contributed by atoms with Crippen molar-refractivity contribution in [3.05, 3.63) is 65.2 Å². The Morgan fingerprint density at radius 1 is 1.03 bits per heavy atom. The van der Waals surface area contributed by atoms with Crippen molar-refractivity contribution in [1.29, 1.82) is 0 Å². The predicted octanol–water partition coefficient (Wildman–Crippen LogP) is 1.22. The minimum Gasteiger partial charge on any atom is -0.497 e. The van der Waals surface area contributed by atoms with Gasteiger partial charge in [0.25, 0.3) is 5.91 Å². The van der Waals surface area contributed by atoms with Crippen LogP contribution in [0.4, 0.5) is 0 Å². The summed E-state index contributed by atoms with van der Waals surface area (Å²) in [5.41, 5.74) is 2.95. The fourth-order valence-corrected chi connectivity index (χ4v) is 6.23. The van der Waals surface area contributed by atoms with Crippen molar-refractivity contribution >= 4 is 11.8 Å². The van der Waals surface area contributed by atoms with Crippen molar-refractivity contribution in [3.8, 4) is 5.75 Å². The minimum atomic E-state index is -0.725. The molecule has 0 aromatic heterocycles. The molecule has 3 heterocycles. The van der Waals surface area contributed by atoms with Crippen LogP contribution in [0.3, 0.4) is 0 Å². The molecule has 3 aliphatic heterocycles. The summed E-state index contributed by atoms with van der Waals surface area (Å²) in [6.45, 7) is 1.86. The van der Waals surface area contributed by atoms with Crippen molar-refractivity contribution in [3.63, 3.8) is 0 Å². The molecule has 6 rings (SSSR count). The quantitative estimate of drug-likeness (QED) is 0.711. The fourth-order valence-electron chi connectivity index (χ4n) is 6.23. The van der Waals surface area contributed by atoms with Gasteiger partial charge in [-0.2, -0.15) is 0 Å². The Bertz CT molecular complexity index is 1070. The standard InChI is InChI=1S/C26H29N3O4/c1-33-22-8-6-17(7-9-22)13-28-24(31)23-12-21(30)14-29(23)26(25(28)32)15-27(16-26)20-10-18-4-2-3-5-19(18)11-20/h2-9,20-21,23,30H,10-16H2,1H3. The number of ether oxygens (including phenoxy) is 1. The van der Waals surface area contributed by atoms with E-state index in [1.54, 1.807) is 7.11 Å². The SMILES string of the molecule is COc1ccc(CN2C(=O)C3CC(O)CN3C3(CN(C4Cc5ccccc5C4)C3)C2=O)cc1. The molecule has 4 aliphatic rings. The molecule has 2 amide bonds. The van der Waals surface area contributed by atoms with E-state index in [4.69, 9.17) is 4.74 Å². The van der Waals surface area contributed by atoms with E-state index in [1.807, 2.05) is 29.2 Å². The topological polar surface area (TPSA) is 73.3 Å². The van der Waals surface area contributed by atoms with E-state index < -0.39 is 17.7 Å². The van der Waals surface area contributed by atoms with E-state index in [-0.39, 0.29) is 18.4 Å². The Morgan fingerprint density at radius 3 is 2.33 bits per heavy atom. The molecular weight excluding hydrogens is 418 g/mol. The Balaban J connectivity index is 1.24. The molecule has 3 fully saturated rings. The van der Waals surface area contributed by atoms with Crippen LogP contribution in [0.15, 0.2) is 48.5 Å². The van der Waals surface area contributed by atoms with Crippen LogP contribution in [0.2, 0.25) is 0 Å². The number of carbonyl (C=O) groups is 2. The summed E-state index contributed by atoms with van der Waals surface area (Å²) in [5, 5.41) is 10.4. The van der Waals surface area contributed by atoms with Gasteiger partial charge < -0.3 is 9.84 Å². The highest BCUT2D eigenvalue weighted by Crippen LogP contribution is 2.43. The number of imide groups is 1. The molecular formula is C26H29N3O4. The van der Waals surface area contributed by atoms with E-state index in [1.165, 1.54) is 16.0 Å². The number of rotatable bonds is 4. The first-order valence-corrected chi connectivity index (χ1v) is 11.7. The van der Waals surface area contributed by atoms with Gasteiger partial charge in [0.1, 0.15) is 11.3 Å². The number of amides is 2. The number of β-amino-alcohol motifs (C(OH)–C–C–N with tert-alkyl or cyclic N) is 1. The lowest BCUT2D eigenvalue weighted by molar-refractivity contribution is -0.183. The highest BCUT2D eigenvalue weighted by Gasteiger charge is 2.65. The molecule has 2 aromatic rings. The molecule has 2 aromatic carbocycles. The third-order valence-electron chi connectivity index (χ3n) is 8.00. The predicted molar refractivity (Wildman–Crippen MR) is 122 cm³/mol. The molecule has 7 heteroatoms. The van der Waals surface area contributed by atoms with E-state index in [0.29, 0.717) is 32.1 Å². The van der Waals surface area contributed by atoms with Crippen molar-refractivity contribution in [2.45, 2.75) is 49.5 Å². The minimum absolute atomic E-state index is 0.125. The summed E-state index contributed by atoms with van der Waals surface area (Å²) in [5.74, 6) is 0.425. The number of carbonyl (C=O) groups excluding carboxylic acids is 2. The second-order valence-electron chi connectivity index (χ2n) is 9.90.